The fraction of sp³-hybridized carbons (Fsp3) is 0.579. The summed E-state index contributed by atoms with van der Waals surface area (Å²) in [5.74, 6) is 0.548. The highest BCUT2D eigenvalue weighted by molar-refractivity contribution is 14.0. The molecule has 0 radical (unpaired) electrons. The molecule has 0 bridgehead atoms. The van der Waals surface area contributed by atoms with Crippen LogP contribution in [-0.4, -0.2) is 73.7 Å². The summed E-state index contributed by atoms with van der Waals surface area (Å²) in [5, 5.41) is 5.78. The number of nitrogens with zero attached hydrogens (tertiary/aromatic N) is 3. The van der Waals surface area contributed by atoms with Crippen LogP contribution in [0, 0.1) is 0 Å². The SMILES string of the molecule is CCNC(=NCc1ccc(C(=O)NC)cc1)N1CCN(C(C)C(F)(F)F)CC1.I. The van der Waals surface area contributed by atoms with Gasteiger partial charge in [0.05, 0.1) is 6.54 Å². The molecule has 1 unspecified atom stereocenters. The van der Waals surface area contributed by atoms with Crippen LogP contribution in [0.1, 0.15) is 29.8 Å². The smallest absolute Gasteiger partial charge is 0.357 e. The number of rotatable bonds is 5. The molecule has 1 amide bonds. The first-order valence-electron chi connectivity index (χ1n) is 9.41. The van der Waals surface area contributed by atoms with Crippen molar-refractivity contribution in [2.45, 2.75) is 32.6 Å². The zero-order valence-electron chi connectivity index (χ0n) is 16.9. The maximum absolute atomic E-state index is 12.9. The predicted octanol–water partition coefficient (Wildman–Crippen LogP) is 2.70. The van der Waals surface area contributed by atoms with Crippen molar-refractivity contribution in [1.29, 1.82) is 0 Å². The Morgan fingerprint density at radius 3 is 2.24 bits per heavy atom. The Hall–Kier alpha value is -1.56. The molecular formula is C19H29F3IN5O. The van der Waals surface area contributed by atoms with E-state index in [0.29, 0.717) is 50.8 Å². The van der Waals surface area contributed by atoms with Crippen LogP contribution in [0.25, 0.3) is 0 Å². The topological polar surface area (TPSA) is 60.0 Å². The first kappa shape index (κ1) is 25.5. The first-order valence-corrected chi connectivity index (χ1v) is 9.41. The number of aliphatic imine (C=N–C) groups is 1. The monoisotopic (exact) mass is 527 g/mol. The number of nitrogens with one attached hydrogen (secondary N) is 2. The van der Waals surface area contributed by atoms with E-state index < -0.39 is 12.2 Å². The highest BCUT2D eigenvalue weighted by atomic mass is 127. The van der Waals surface area contributed by atoms with Crippen molar-refractivity contribution in [1.82, 2.24) is 20.4 Å². The lowest BCUT2D eigenvalue weighted by atomic mass is 10.1. The summed E-state index contributed by atoms with van der Waals surface area (Å²) < 4.78 is 38.7. The van der Waals surface area contributed by atoms with Gasteiger partial charge in [0.15, 0.2) is 5.96 Å². The quantitative estimate of drug-likeness (QED) is 0.352. The number of amides is 1. The Morgan fingerprint density at radius 1 is 1.17 bits per heavy atom. The third-order valence-corrected chi connectivity index (χ3v) is 4.82. The minimum absolute atomic E-state index is 0. The number of benzene rings is 1. The normalized spacial score (nSPS) is 16.8. The Bertz CT molecular complexity index is 673. The van der Waals surface area contributed by atoms with E-state index in [-0.39, 0.29) is 29.9 Å². The second-order valence-corrected chi connectivity index (χ2v) is 6.69. The van der Waals surface area contributed by atoms with E-state index in [1.165, 1.54) is 11.8 Å². The van der Waals surface area contributed by atoms with Gasteiger partial charge in [0, 0.05) is 45.3 Å². The molecule has 1 heterocycles. The van der Waals surface area contributed by atoms with Gasteiger partial charge in [-0.2, -0.15) is 13.2 Å². The molecule has 6 nitrogen and oxygen atoms in total. The summed E-state index contributed by atoms with van der Waals surface area (Å²) in [6.45, 7) is 5.91. The molecule has 2 rings (SSSR count). The number of alkyl halides is 3. The van der Waals surface area contributed by atoms with Crippen molar-refractivity contribution >= 4 is 35.8 Å². The number of hydrogen-bond acceptors (Lipinski definition) is 3. The molecular weight excluding hydrogens is 498 g/mol. The summed E-state index contributed by atoms with van der Waals surface area (Å²) in [5.41, 5.74) is 1.53. The zero-order chi connectivity index (χ0) is 20.7. The number of hydrogen-bond donors (Lipinski definition) is 2. The number of carbonyl (C=O) groups excluding carboxylic acids is 1. The average Bonchev–Trinajstić information content (AvgIpc) is 2.70. The third kappa shape index (κ3) is 7.32. The Labute approximate surface area is 186 Å². The van der Waals surface area contributed by atoms with Gasteiger partial charge in [0.1, 0.15) is 6.04 Å². The van der Waals surface area contributed by atoms with Crippen molar-refractivity contribution in [2.24, 2.45) is 4.99 Å². The Morgan fingerprint density at radius 2 is 1.76 bits per heavy atom. The third-order valence-electron chi connectivity index (χ3n) is 4.82. The molecule has 164 valence electrons. The largest absolute Gasteiger partial charge is 0.403 e. The van der Waals surface area contributed by atoms with E-state index in [4.69, 9.17) is 0 Å². The van der Waals surface area contributed by atoms with Crippen LogP contribution in [0.3, 0.4) is 0 Å². The minimum atomic E-state index is -4.21. The molecule has 1 aromatic rings. The van der Waals surface area contributed by atoms with Crippen molar-refractivity contribution in [3.8, 4) is 0 Å². The van der Waals surface area contributed by atoms with Crippen LogP contribution in [0.5, 0.6) is 0 Å². The molecule has 0 aliphatic carbocycles. The number of piperazine rings is 1. The number of guanidine groups is 1. The minimum Gasteiger partial charge on any atom is -0.357 e. The van der Waals surface area contributed by atoms with Gasteiger partial charge in [-0.25, -0.2) is 4.99 Å². The standard InChI is InChI=1S/C19H28F3N5O.HI/c1-4-24-18(25-13-15-5-7-16(8-6-15)17(28)23-3)27-11-9-26(10-12-27)14(2)19(20,21)22;/h5-8,14H,4,9-13H2,1-3H3,(H,23,28)(H,24,25);1H. The molecule has 29 heavy (non-hydrogen) atoms. The molecule has 2 N–H and O–H groups in total. The van der Waals surface area contributed by atoms with Crippen LogP contribution >= 0.6 is 24.0 Å². The lowest BCUT2D eigenvalue weighted by Gasteiger charge is -2.39. The van der Waals surface area contributed by atoms with Crippen LogP contribution in [0.4, 0.5) is 13.2 Å². The maximum Gasteiger partial charge on any atom is 0.403 e. The summed E-state index contributed by atoms with van der Waals surface area (Å²) in [7, 11) is 1.58. The summed E-state index contributed by atoms with van der Waals surface area (Å²) >= 11 is 0. The number of halogens is 4. The van der Waals surface area contributed by atoms with Gasteiger partial charge >= 0.3 is 6.18 Å². The van der Waals surface area contributed by atoms with Crippen LogP contribution in [0.15, 0.2) is 29.3 Å². The molecule has 1 saturated heterocycles. The van der Waals surface area contributed by atoms with Gasteiger partial charge < -0.3 is 15.5 Å². The highest BCUT2D eigenvalue weighted by Gasteiger charge is 2.41. The second-order valence-electron chi connectivity index (χ2n) is 6.69. The highest BCUT2D eigenvalue weighted by Crippen LogP contribution is 2.25. The average molecular weight is 527 g/mol. The molecule has 1 atom stereocenters. The molecule has 1 aliphatic heterocycles. The fourth-order valence-corrected chi connectivity index (χ4v) is 3.03. The molecule has 0 spiro atoms. The van der Waals surface area contributed by atoms with E-state index in [9.17, 15) is 18.0 Å². The Kier molecular flexibility index (Phi) is 10.2. The van der Waals surface area contributed by atoms with Crippen molar-refractivity contribution < 1.29 is 18.0 Å². The van der Waals surface area contributed by atoms with Gasteiger partial charge in [-0.05, 0) is 31.5 Å². The van der Waals surface area contributed by atoms with Gasteiger partial charge in [0.25, 0.3) is 5.91 Å². The molecule has 1 aromatic carbocycles. The molecule has 0 aromatic heterocycles. The van der Waals surface area contributed by atoms with Gasteiger partial charge in [0.2, 0.25) is 0 Å². The molecule has 0 saturated carbocycles. The number of carbonyl (C=O) groups is 1. The second kappa shape index (κ2) is 11.6. The molecule has 1 aliphatic rings. The summed E-state index contributed by atoms with van der Waals surface area (Å²) in [6, 6.07) is 5.75. The molecule has 1 fully saturated rings. The predicted molar refractivity (Wildman–Crippen MR) is 119 cm³/mol. The summed E-state index contributed by atoms with van der Waals surface area (Å²) in [4.78, 5) is 19.6. The fourth-order valence-electron chi connectivity index (χ4n) is 3.03. The zero-order valence-corrected chi connectivity index (χ0v) is 19.3. The van der Waals surface area contributed by atoms with Gasteiger partial charge in [-0.3, -0.25) is 9.69 Å². The first-order chi connectivity index (χ1) is 13.3. The maximum atomic E-state index is 12.9. The van der Waals surface area contributed by atoms with Crippen LogP contribution in [-0.2, 0) is 6.54 Å². The van der Waals surface area contributed by atoms with Crippen molar-refractivity contribution in [2.75, 3.05) is 39.8 Å². The lowest BCUT2D eigenvalue weighted by Crippen LogP contribution is -2.56. The van der Waals surface area contributed by atoms with E-state index in [2.05, 4.69) is 15.6 Å². The van der Waals surface area contributed by atoms with E-state index in [1.807, 2.05) is 24.0 Å². The molecule has 10 heteroatoms. The van der Waals surface area contributed by atoms with Crippen LogP contribution in [0.2, 0.25) is 0 Å². The van der Waals surface area contributed by atoms with Gasteiger partial charge in [-0.1, -0.05) is 12.1 Å². The van der Waals surface area contributed by atoms with Crippen molar-refractivity contribution in [3.05, 3.63) is 35.4 Å². The van der Waals surface area contributed by atoms with E-state index in [1.54, 1.807) is 19.2 Å². The van der Waals surface area contributed by atoms with Crippen LogP contribution < -0.4 is 10.6 Å². The van der Waals surface area contributed by atoms with E-state index in [0.717, 1.165) is 5.56 Å². The van der Waals surface area contributed by atoms with E-state index >= 15 is 0 Å². The summed E-state index contributed by atoms with van der Waals surface area (Å²) in [6.07, 6.45) is -4.21. The van der Waals surface area contributed by atoms with Gasteiger partial charge in [-0.15, -0.1) is 24.0 Å². The Balaban J connectivity index is 0.00000420. The lowest BCUT2D eigenvalue weighted by molar-refractivity contribution is -0.181. The van der Waals surface area contributed by atoms with Crippen molar-refractivity contribution in [3.63, 3.8) is 0 Å².